The number of anilines is 3. The van der Waals surface area contributed by atoms with Gasteiger partial charge in [-0.15, -0.1) is 0 Å². The van der Waals surface area contributed by atoms with Gasteiger partial charge >= 0.3 is 0 Å². The second-order valence-electron chi connectivity index (χ2n) is 16.7. The highest BCUT2D eigenvalue weighted by Gasteiger charge is 2.45. The number of carbonyl (C=O) groups is 6. The molecule has 2 aromatic carbocycles. The summed E-state index contributed by atoms with van der Waals surface area (Å²) in [5.41, 5.74) is 5.55. The van der Waals surface area contributed by atoms with Crippen molar-refractivity contribution >= 4 is 58.9 Å². The van der Waals surface area contributed by atoms with Crippen LogP contribution >= 0.6 is 0 Å². The molecule has 2 aliphatic rings. The number of pyridine rings is 2. The van der Waals surface area contributed by atoms with Crippen molar-refractivity contribution in [2.75, 3.05) is 54.8 Å². The number of unbranched alkanes of at least 4 members (excludes halogenated alkanes) is 1. The fourth-order valence-corrected chi connectivity index (χ4v) is 8.13. The molecule has 2 aromatic heterocycles. The van der Waals surface area contributed by atoms with Gasteiger partial charge in [-0.3, -0.25) is 43.8 Å². The fourth-order valence-electron chi connectivity index (χ4n) is 8.13. The Morgan fingerprint density at radius 1 is 0.939 bits per heavy atom. The molecule has 18 nitrogen and oxygen atoms in total. The van der Waals surface area contributed by atoms with Crippen LogP contribution in [0.2, 0.25) is 0 Å². The molecule has 66 heavy (non-hydrogen) atoms. The average molecular weight is 902 g/mol. The lowest BCUT2D eigenvalue weighted by atomic mass is 9.97. The van der Waals surface area contributed by atoms with Gasteiger partial charge in [-0.1, -0.05) is 6.07 Å². The Morgan fingerprint density at radius 2 is 1.73 bits per heavy atom. The van der Waals surface area contributed by atoms with Crippen molar-refractivity contribution in [3.63, 3.8) is 0 Å². The lowest BCUT2D eigenvalue weighted by Gasteiger charge is -2.27. The van der Waals surface area contributed by atoms with Crippen molar-refractivity contribution in [1.29, 1.82) is 5.41 Å². The van der Waals surface area contributed by atoms with Gasteiger partial charge in [0.1, 0.15) is 11.9 Å². The number of aryl methyl sites for hydroxylation is 2. The van der Waals surface area contributed by atoms with E-state index in [9.17, 15) is 33.6 Å². The Hall–Kier alpha value is -7.21. The van der Waals surface area contributed by atoms with Gasteiger partial charge in [-0.25, -0.2) is 4.98 Å². The van der Waals surface area contributed by atoms with E-state index in [4.69, 9.17) is 10.4 Å². The minimum absolute atomic E-state index is 0.0310. The summed E-state index contributed by atoms with van der Waals surface area (Å²) in [6, 6.07) is 13.3. The van der Waals surface area contributed by atoms with E-state index < -0.39 is 35.6 Å². The van der Waals surface area contributed by atoms with Crippen LogP contribution in [0, 0.1) is 19.3 Å². The zero-order valence-corrected chi connectivity index (χ0v) is 38.1. The number of nitrogens with zero attached hydrogens (tertiary/aromatic N) is 3. The van der Waals surface area contributed by atoms with Crippen LogP contribution in [0.25, 0.3) is 11.1 Å². The number of hydrogen-bond donors (Lipinski definition) is 8. The molecular formula is C48H59N11O7. The number of nitrogens with one attached hydrogen (secondary N) is 8. The highest BCUT2D eigenvalue weighted by Crippen LogP contribution is 2.33. The molecule has 18 heteroatoms. The van der Waals surface area contributed by atoms with Gasteiger partial charge in [0.2, 0.25) is 17.7 Å². The summed E-state index contributed by atoms with van der Waals surface area (Å²) >= 11 is 0. The van der Waals surface area contributed by atoms with E-state index >= 15 is 0 Å². The number of rotatable bonds is 22. The molecule has 1 atom stereocenters. The van der Waals surface area contributed by atoms with Crippen LogP contribution in [0.15, 0.2) is 59.5 Å². The third kappa shape index (κ3) is 11.5. The highest BCUT2D eigenvalue weighted by atomic mass is 16.2. The molecule has 1 fully saturated rings. The van der Waals surface area contributed by atoms with Gasteiger partial charge in [0.25, 0.3) is 23.3 Å². The van der Waals surface area contributed by atoms with E-state index in [1.807, 2.05) is 52.0 Å². The largest absolute Gasteiger partial charge is 0.384 e. The van der Waals surface area contributed by atoms with E-state index in [-0.39, 0.29) is 48.0 Å². The second kappa shape index (κ2) is 22.1. The molecule has 0 bridgehead atoms. The SMILES string of the molecule is CCN(CCNCCC(=O)NCCCCNc1cccc2c1C(=O)N(C1CCC(=O)NC1=O)C2=O)c1ccc(-c2cc(NC(C)C)c(C=N)c(C(=O)NCc3c(C)cc(C)[nH]c3=O)c2)cn1. The van der Waals surface area contributed by atoms with Crippen molar-refractivity contribution in [1.82, 2.24) is 36.1 Å². The zero-order chi connectivity index (χ0) is 47.5. The number of aromatic nitrogens is 2. The molecule has 348 valence electrons. The minimum atomic E-state index is -1.03. The van der Waals surface area contributed by atoms with Crippen molar-refractivity contribution in [2.24, 2.45) is 0 Å². The first-order valence-corrected chi connectivity index (χ1v) is 22.4. The first kappa shape index (κ1) is 48.3. The number of likely N-dealkylation sites (N-methyl/N-ethyl adjacent to an activating group) is 1. The number of imide groups is 2. The number of piperidine rings is 1. The van der Waals surface area contributed by atoms with Crippen LogP contribution in [0.3, 0.4) is 0 Å². The molecule has 6 rings (SSSR count). The normalized spacial score (nSPS) is 14.5. The number of benzene rings is 2. The van der Waals surface area contributed by atoms with Crippen LogP contribution < -0.4 is 42.4 Å². The summed E-state index contributed by atoms with van der Waals surface area (Å²) in [7, 11) is 0. The Kier molecular flexibility index (Phi) is 16.2. The van der Waals surface area contributed by atoms with Gasteiger partial charge in [-0.2, -0.15) is 0 Å². The molecule has 4 aromatic rings. The van der Waals surface area contributed by atoms with Crippen LogP contribution in [0.1, 0.15) is 106 Å². The summed E-state index contributed by atoms with van der Waals surface area (Å²) in [5.74, 6) is -1.91. The van der Waals surface area contributed by atoms with Gasteiger partial charge in [0.15, 0.2) is 0 Å². The molecule has 0 spiro atoms. The van der Waals surface area contributed by atoms with Gasteiger partial charge in [0, 0.05) is 111 Å². The van der Waals surface area contributed by atoms with Gasteiger partial charge < -0.3 is 41.9 Å². The first-order chi connectivity index (χ1) is 31.7. The third-order valence-corrected chi connectivity index (χ3v) is 11.5. The predicted molar refractivity (Wildman–Crippen MR) is 253 cm³/mol. The molecule has 0 radical (unpaired) electrons. The lowest BCUT2D eigenvalue weighted by molar-refractivity contribution is -0.136. The summed E-state index contributed by atoms with van der Waals surface area (Å²) in [6.07, 6.45) is 4.74. The smallest absolute Gasteiger partial charge is 0.264 e. The fraction of sp³-hybridized carbons (Fsp3) is 0.396. The van der Waals surface area contributed by atoms with Crippen molar-refractivity contribution in [2.45, 2.75) is 85.4 Å². The first-order valence-electron chi connectivity index (χ1n) is 22.4. The van der Waals surface area contributed by atoms with Crippen LogP contribution in [-0.2, 0) is 20.9 Å². The van der Waals surface area contributed by atoms with Crippen LogP contribution in [0.5, 0.6) is 0 Å². The Bertz CT molecular complexity index is 2550. The van der Waals surface area contributed by atoms with Crippen LogP contribution in [0.4, 0.5) is 17.2 Å². The van der Waals surface area contributed by atoms with Crippen molar-refractivity contribution in [3.05, 3.63) is 104 Å². The molecule has 1 unspecified atom stereocenters. The van der Waals surface area contributed by atoms with E-state index in [2.05, 4.69) is 41.8 Å². The summed E-state index contributed by atoms with van der Waals surface area (Å²) in [6.45, 7) is 13.1. The summed E-state index contributed by atoms with van der Waals surface area (Å²) < 4.78 is 0. The van der Waals surface area contributed by atoms with Crippen molar-refractivity contribution < 1.29 is 28.8 Å². The Balaban J connectivity index is 0.934. The Morgan fingerprint density at radius 3 is 2.42 bits per heavy atom. The minimum Gasteiger partial charge on any atom is -0.384 e. The summed E-state index contributed by atoms with van der Waals surface area (Å²) in [4.78, 5) is 99.8. The van der Waals surface area contributed by atoms with Crippen LogP contribution in [-0.4, -0.2) is 108 Å². The Labute approximate surface area is 383 Å². The maximum absolute atomic E-state index is 13.7. The second-order valence-corrected chi connectivity index (χ2v) is 16.7. The number of amides is 6. The molecule has 6 amide bonds. The summed E-state index contributed by atoms with van der Waals surface area (Å²) in [5, 5.41) is 26.1. The molecule has 8 N–H and O–H groups in total. The highest BCUT2D eigenvalue weighted by molar-refractivity contribution is 6.25. The lowest BCUT2D eigenvalue weighted by Crippen LogP contribution is -2.54. The maximum Gasteiger partial charge on any atom is 0.264 e. The monoisotopic (exact) mass is 901 g/mol. The molecule has 4 heterocycles. The van der Waals surface area contributed by atoms with E-state index in [0.29, 0.717) is 86.6 Å². The maximum atomic E-state index is 13.7. The number of fused-ring (bicyclic) bond motifs is 1. The standard InChI is InChI=1S/C48H59N11O7/c1-6-58(40-14-12-31(26-53-40)32-23-34(35(25-49)38(24-32)55-28(2)3)44(62)54-27-36-29(4)22-30(5)56-45(36)63)21-20-50-19-16-41(60)52-18-8-7-17-51-37-11-9-10-33-43(37)48(66)59(47(33)65)39-13-15-42(61)57-46(39)64/h9-12,14,22-26,28,39,49-51,55H,6-8,13,15-21,27H2,1-5H3,(H,52,60)(H,54,62)(H,56,63)(H,57,61,64). The van der Waals surface area contributed by atoms with Gasteiger partial charge in [0.05, 0.1) is 16.7 Å². The molecule has 0 aliphatic carbocycles. The predicted octanol–water partition coefficient (Wildman–Crippen LogP) is 4.02. The number of aromatic amines is 1. The zero-order valence-electron chi connectivity index (χ0n) is 38.1. The van der Waals surface area contributed by atoms with E-state index in [1.165, 1.54) is 0 Å². The third-order valence-electron chi connectivity index (χ3n) is 11.5. The number of hydrogen-bond acceptors (Lipinski definition) is 13. The van der Waals surface area contributed by atoms with E-state index in [1.54, 1.807) is 37.4 Å². The molecule has 0 saturated carbocycles. The number of H-pyrrole nitrogens is 1. The quantitative estimate of drug-likeness (QED) is 0.0317. The van der Waals surface area contributed by atoms with Gasteiger partial charge in [-0.05, 0) is 107 Å². The average Bonchev–Trinajstić information content (AvgIpc) is 3.53. The topological polar surface area (TPSA) is 251 Å². The molecule has 2 aliphatic heterocycles. The number of carbonyl (C=O) groups excluding carboxylic acids is 6. The van der Waals surface area contributed by atoms with E-state index in [0.717, 1.165) is 39.3 Å². The molecular weight excluding hydrogens is 843 g/mol. The molecule has 1 saturated heterocycles. The van der Waals surface area contributed by atoms with Crippen molar-refractivity contribution in [3.8, 4) is 11.1 Å².